The van der Waals surface area contributed by atoms with Crippen molar-refractivity contribution in [2.45, 2.75) is 13.8 Å². The first-order valence-electron chi connectivity index (χ1n) is 17.4. The summed E-state index contributed by atoms with van der Waals surface area (Å²) < 4.78 is 2.42. The van der Waals surface area contributed by atoms with Crippen molar-refractivity contribution in [3.63, 3.8) is 0 Å². The van der Waals surface area contributed by atoms with Crippen LogP contribution in [0.25, 0.3) is 70.9 Å². The molecular formula is C48H34N2. The van der Waals surface area contributed by atoms with Crippen molar-refractivity contribution in [3.05, 3.63) is 181 Å². The number of aryl methyl sites for hydroxylation is 2. The molecule has 0 saturated carbocycles. The lowest BCUT2D eigenvalue weighted by atomic mass is 9.88. The van der Waals surface area contributed by atoms with Crippen molar-refractivity contribution in [1.29, 1.82) is 0 Å². The van der Waals surface area contributed by atoms with Gasteiger partial charge in [0.1, 0.15) is 0 Å². The van der Waals surface area contributed by atoms with Gasteiger partial charge >= 0.3 is 0 Å². The Hall–Kier alpha value is -6.38. The fourth-order valence-corrected chi connectivity index (χ4v) is 8.21. The number of para-hydroxylation sites is 2. The highest BCUT2D eigenvalue weighted by atomic mass is 15.1. The van der Waals surface area contributed by atoms with E-state index in [2.05, 4.69) is 193 Å². The predicted molar refractivity (Wildman–Crippen MR) is 214 cm³/mol. The number of rotatable bonds is 5. The normalized spacial score (nSPS) is 11.8. The summed E-state index contributed by atoms with van der Waals surface area (Å²) in [6.45, 7) is 4.31. The van der Waals surface area contributed by atoms with Crippen LogP contribution in [-0.2, 0) is 0 Å². The molecule has 236 valence electrons. The summed E-state index contributed by atoms with van der Waals surface area (Å²) in [6.07, 6.45) is 0. The van der Waals surface area contributed by atoms with Crippen molar-refractivity contribution in [3.8, 4) is 16.8 Å². The zero-order valence-corrected chi connectivity index (χ0v) is 28.1. The first kappa shape index (κ1) is 28.6. The van der Waals surface area contributed by atoms with Crippen molar-refractivity contribution >= 4 is 71.2 Å². The summed E-state index contributed by atoms with van der Waals surface area (Å²) in [5.74, 6) is 0. The third kappa shape index (κ3) is 4.35. The molecule has 0 radical (unpaired) electrons. The number of fused-ring (bicyclic) bond motifs is 4. The number of benzene rings is 9. The third-order valence-corrected chi connectivity index (χ3v) is 10.4. The fourth-order valence-electron chi connectivity index (χ4n) is 8.21. The van der Waals surface area contributed by atoms with E-state index >= 15 is 0 Å². The van der Waals surface area contributed by atoms with Gasteiger partial charge in [0.2, 0.25) is 0 Å². The second-order valence-corrected chi connectivity index (χ2v) is 13.6. The summed E-state index contributed by atoms with van der Waals surface area (Å²) in [4.78, 5) is 2.35. The molecule has 0 aliphatic heterocycles. The summed E-state index contributed by atoms with van der Waals surface area (Å²) in [6, 6.07) is 62.5. The molecule has 10 rings (SSSR count). The molecule has 0 N–H and O–H groups in total. The smallest absolute Gasteiger partial charge is 0.0553 e. The molecule has 0 unspecified atom stereocenters. The predicted octanol–water partition coefficient (Wildman–Crippen LogP) is 13.4. The quantitative estimate of drug-likeness (QED) is 0.170. The van der Waals surface area contributed by atoms with E-state index in [4.69, 9.17) is 0 Å². The highest BCUT2D eigenvalue weighted by Crippen LogP contribution is 2.45. The molecule has 0 atom stereocenters. The van der Waals surface area contributed by atoms with Crippen LogP contribution < -0.4 is 4.90 Å². The van der Waals surface area contributed by atoms with Crippen molar-refractivity contribution in [2.75, 3.05) is 4.90 Å². The Morgan fingerprint density at radius 2 is 1.04 bits per heavy atom. The molecule has 0 aliphatic rings. The van der Waals surface area contributed by atoms with E-state index in [1.165, 1.54) is 82.1 Å². The van der Waals surface area contributed by atoms with Crippen LogP contribution >= 0.6 is 0 Å². The standard InChI is InChI=1S/C48H34N2/c1-31-10-8-14-38(28-31)49(39-15-9-11-32(2)29-39)37-23-18-33(19-24-37)40-25-20-34-21-27-43-47-35(22-26-41(40)46(34)47)30-45-48(43)42-16-6-7-17-44(42)50(45)36-12-4-3-5-13-36/h3-30H,1-2H3. The van der Waals surface area contributed by atoms with E-state index in [-0.39, 0.29) is 0 Å². The topological polar surface area (TPSA) is 8.17 Å². The zero-order chi connectivity index (χ0) is 33.3. The van der Waals surface area contributed by atoms with Gasteiger partial charge in [-0.1, -0.05) is 109 Å². The lowest BCUT2D eigenvalue weighted by Crippen LogP contribution is -2.10. The monoisotopic (exact) mass is 638 g/mol. The third-order valence-electron chi connectivity index (χ3n) is 10.4. The molecule has 0 bridgehead atoms. The van der Waals surface area contributed by atoms with Crippen molar-refractivity contribution < 1.29 is 0 Å². The summed E-state index contributed by atoms with van der Waals surface area (Å²) in [5, 5.41) is 10.4. The Morgan fingerprint density at radius 1 is 0.400 bits per heavy atom. The minimum Gasteiger partial charge on any atom is -0.310 e. The van der Waals surface area contributed by atoms with Gasteiger partial charge in [0.15, 0.2) is 0 Å². The van der Waals surface area contributed by atoms with Crippen LogP contribution in [-0.4, -0.2) is 4.57 Å². The van der Waals surface area contributed by atoms with Gasteiger partial charge in [-0.3, -0.25) is 0 Å². The molecule has 0 amide bonds. The molecule has 9 aromatic carbocycles. The van der Waals surface area contributed by atoms with Gasteiger partial charge in [-0.25, -0.2) is 0 Å². The maximum absolute atomic E-state index is 2.42. The lowest BCUT2D eigenvalue weighted by Gasteiger charge is -2.26. The highest BCUT2D eigenvalue weighted by Gasteiger charge is 2.20. The number of anilines is 3. The van der Waals surface area contributed by atoms with Gasteiger partial charge in [0, 0.05) is 33.5 Å². The number of hydrogen-bond donors (Lipinski definition) is 0. The van der Waals surface area contributed by atoms with Crippen LogP contribution in [0.15, 0.2) is 170 Å². The minimum absolute atomic E-state index is 1.14. The van der Waals surface area contributed by atoms with E-state index < -0.39 is 0 Å². The van der Waals surface area contributed by atoms with Crippen LogP contribution in [0.5, 0.6) is 0 Å². The first-order chi connectivity index (χ1) is 24.6. The summed E-state index contributed by atoms with van der Waals surface area (Å²) in [5.41, 5.74) is 12.1. The largest absolute Gasteiger partial charge is 0.310 e. The molecular weight excluding hydrogens is 605 g/mol. The van der Waals surface area contributed by atoms with E-state index in [9.17, 15) is 0 Å². The number of aromatic nitrogens is 1. The Morgan fingerprint density at radius 3 is 1.78 bits per heavy atom. The molecule has 50 heavy (non-hydrogen) atoms. The second kappa shape index (κ2) is 11.1. The molecule has 0 spiro atoms. The van der Waals surface area contributed by atoms with Crippen LogP contribution in [0.4, 0.5) is 17.1 Å². The van der Waals surface area contributed by atoms with Gasteiger partial charge in [0.05, 0.1) is 11.0 Å². The molecule has 1 heterocycles. The minimum atomic E-state index is 1.14. The maximum Gasteiger partial charge on any atom is 0.0553 e. The van der Waals surface area contributed by atoms with Crippen LogP contribution in [0.3, 0.4) is 0 Å². The first-order valence-corrected chi connectivity index (χ1v) is 17.4. The molecule has 1 aromatic heterocycles. The molecule has 0 saturated heterocycles. The van der Waals surface area contributed by atoms with E-state index in [1.807, 2.05) is 0 Å². The highest BCUT2D eigenvalue weighted by molar-refractivity contribution is 6.34. The van der Waals surface area contributed by atoms with E-state index in [1.54, 1.807) is 0 Å². The van der Waals surface area contributed by atoms with Gasteiger partial charge in [0.25, 0.3) is 0 Å². The molecule has 0 fully saturated rings. The van der Waals surface area contributed by atoms with E-state index in [0.717, 1.165) is 17.1 Å². The van der Waals surface area contributed by atoms with Crippen LogP contribution in [0.2, 0.25) is 0 Å². The zero-order valence-electron chi connectivity index (χ0n) is 28.1. The van der Waals surface area contributed by atoms with Gasteiger partial charge in [-0.15, -0.1) is 0 Å². The van der Waals surface area contributed by atoms with Crippen molar-refractivity contribution in [1.82, 2.24) is 4.57 Å². The molecule has 10 aromatic rings. The number of nitrogens with zero attached hydrogens (tertiary/aromatic N) is 2. The average molecular weight is 639 g/mol. The lowest BCUT2D eigenvalue weighted by molar-refractivity contribution is 1.18. The summed E-state index contributed by atoms with van der Waals surface area (Å²) >= 11 is 0. The van der Waals surface area contributed by atoms with E-state index in [0.29, 0.717) is 0 Å². The summed E-state index contributed by atoms with van der Waals surface area (Å²) in [7, 11) is 0. The Bertz CT molecular complexity index is 2830. The fraction of sp³-hybridized carbons (Fsp3) is 0.0417. The Kier molecular flexibility index (Phi) is 6.34. The SMILES string of the molecule is Cc1cccc(N(c2ccc(-c3ccc4ccc5c6c(ccc3c46)cc3c5c4ccccc4n3-c3ccccc3)cc2)c2cccc(C)c2)c1. The van der Waals surface area contributed by atoms with Gasteiger partial charge in [-0.05, 0) is 129 Å². The molecule has 2 nitrogen and oxygen atoms in total. The van der Waals surface area contributed by atoms with Crippen LogP contribution in [0, 0.1) is 13.8 Å². The maximum atomic E-state index is 2.42. The second-order valence-electron chi connectivity index (χ2n) is 13.6. The molecule has 0 aliphatic carbocycles. The average Bonchev–Trinajstić information content (AvgIpc) is 3.48. The van der Waals surface area contributed by atoms with Crippen LogP contribution in [0.1, 0.15) is 11.1 Å². The number of hydrogen-bond acceptors (Lipinski definition) is 1. The molecule has 2 heteroatoms. The van der Waals surface area contributed by atoms with Gasteiger partial charge < -0.3 is 9.47 Å². The Labute approximate surface area is 291 Å². The van der Waals surface area contributed by atoms with Crippen molar-refractivity contribution in [2.24, 2.45) is 0 Å². The Balaban J connectivity index is 1.16. The van der Waals surface area contributed by atoms with Gasteiger partial charge in [-0.2, -0.15) is 0 Å².